The predicted octanol–water partition coefficient (Wildman–Crippen LogP) is 3.79. The topological polar surface area (TPSA) is 55.3 Å². The largest absolute Gasteiger partial charge is 0.444 e. The molecule has 1 saturated heterocycles. The average molecular weight is 343 g/mol. The van der Waals surface area contributed by atoms with Crippen LogP contribution in [0.25, 0.3) is 10.6 Å². The Bertz CT molecular complexity index is 741. The Morgan fingerprint density at radius 2 is 1.83 bits per heavy atom. The van der Waals surface area contributed by atoms with E-state index < -0.39 is 5.60 Å². The second-order valence-electron chi connectivity index (χ2n) is 7.55. The van der Waals surface area contributed by atoms with Gasteiger partial charge in [-0.1, -0.05) is 41.7 Å². The lowest BCUT2D eigenvalue weighted by Crippen LogP contribution is -2.36. The maximum Gasteiger partial charge on any atom is 0.410 e. The van der Waals surface area contributed by atoms with E-state index >= 15 is 0 Å². The third-order valence-electron chi connectivity index (χ3n) is 4.59. The molecule has 1 aliphatic carbocycles. The van der Waals surface area contributed by atoms with Crippen LogP contribution in [0.1, 0.15) is 31.7 Å². The van der Waals surface area contributed by atoms with Crippen LogP contribution in [-0.2, 0) is 4.74 Å². The predicted molar refractivity (Wildman–Crippen MR) is 92.9 cm³/mol. The summed E-state index contributed by atoms with van der Waals surface area (Å²) in [6.07, 6.45) is -0.198. The molecule has 0 radical (unpaired) electrons. The molecule has 0 bridgehead atoms. The Labute approximate surface area is 145 Å². The minimum atomic E-state index is -0.437. The quantitative estimate of drug-likeness (QED) is 0.832. The van der Waals surface area contributed by atoms with Gasteiger partial charge in [-0.2, -0.15) is 0 Å². The summed E-state index contributed by atoms with van der Waals surface area (Å²) in [5, 5.41) is 10.8. The fourth-order valence-electron chi connectivity index (χ4n) is 3.43. The van der Waals surface area contributed by atoms with Crippen molar-refractivity contribution in [3.05, 3.63) is 35.3 Å². The van der Waals surface area contributed by atoms with Gasteiger partial charge in [-0.05, 0) is 32.6 Å². The van der Waals surface area contributed by atoms with Crippen LogP contribution in [-0.4, -0.2) is 39.9 Å². The first-order chi connectivity index (χ1) is 11.4. The molecule has 1 aliphatic heterocycles. The van der Waals surface area contributed by atoms with Gasteiger partial charge in [0.1, 0.15) is 15.6 Å². The van der Waals surface area contributed by atoms with Crippen LogP contribution in [0, 0.1) is 11.8 Å². The normalized spacial score (nSPS) is 25.5. The van der Waals surface area contributed by atoms with Crippen LogP contribution in [0.2, 0.25) is 0 Å². The molecule has 0 spiro atoms. The van der Waals surface area contributed by atoms with E-state index in [1.165, 1.54) is 0 Å². The molecule has 2 heterocycles. The van der Waals surface area contributed by atoms with Gasteiger partial charge in [0.05, 0.1) is 0 Å². The summed E-state index contributed by atoms with van der Waals surface area (Å²) in [6.45, 7) is 7.24. The molecule has 0 N–H and O–H groups in total. The number of hydrogen-bond acceptors (Lipinski definition) is 5. The van der Waals surface area contributed by atoms with Gasteiger partial charge < -0.3 is 9.64 Å². The Morgan fingerprint density at radius 1 is 1.17 bits per heavy atom. The van der Waals surface area contributed by atoms with Crippen molar-refractivity contribution in [2.75, 3.05) is 13.1 Å². The molecule has 6 heteroatoms. The van der Waals surface area contributed by atoms with Crippen molar-refractivity contribution < 1.29 is 9.53 Å². The van der Waals surface area contributed by atoms with Gasteiger partial charge in [0.2, 0.25) is 0 Å². The van der Waals surface area contributed by atoms with Gasteiger partial charge >= 0.3 is 6.09 Å². The maximum atomic E-state index is 12.1. The second kappa shape index (κ2) is 5.55. The van der Waals surface area contributed by atoms with Crippen LogP contribution in [0.5, 0.6) is 0 Å². The van der Waals surface area contributed by atoms with Crippen LogP contribution in [0.3, 0.4) is 0 Å². The van der Waals surface area contributed by atoms with E-state index in [1.807, 2.05) is 43.9 Å². The molecule has 24 heavy (non-hydrogen) atoms. The molecule has 1 saturated carbocycles. The first-order valence-corrected chi connectivity index (χ1v) is 9.11. The van der Waals surface area contributed by atoms with E-state index in [4.69, 9.17) is 4.74 Å². The summed E-state index contributed by atoms with van der Waals surface area (Å²) in [5.74, 6) is 1.47. The molecule has 1 amide bonds. The first-order valence-electron chi connectivity index (χ1n) is 8.29. The highest BCUT2D eigenvalue weighted by atomic mass is 32.1. The van der Waals surface area contributed by atoms with E-state index in [9.17, 15) is 4.79 Å². The van der Waals surface area contributed by atoms with Crippen LogP contribution in [0.4, 0.5) is 4.79 Å². The Kier molecular flexibility index (Phi) is 3.60. The van der Waals surface area contributed by atoms with E-state index in [0.29, 0.717) is 17.8 Å². The fourth-order valence-corrected chi connectivity index (χ4v) is 4.54. The lowest BCUT2D eigenvalue weighted by atomic mass is 10.2. The van der Waals surface area contributed by atoms with Crippen molar-refractivity contribution >= 4 is 17.4 Å². The number of piperidine rings is 1. The molecule has 1 unspecified atom stereocenters. The number of aromatic nitrogens is 2. The summed E-state index contributed by atoms with van der Waals surface area (Å²) in [6, 6.07) is 10.1. The summed E-state index contributed by atoms with van der Waals surface area (Å²) in [7, 11) is 0. The number of benzene rings is 1. The summed E-state index contributed by atoms with van der Waals surface area (Å²) < 4.78 is 5.46. The minimum Gasteiger partial charge on any atom is -0.444 e. The van der Waals surface area contributed by atoms with Gasteiger partial charge in [-0.3, -0.25) is 0 Å². The van der Waals surface area contributed by atoms with Crippen molar-refractivity contribution in [2.24, 2.45) is 11.8 Å². The monoisotopic (exact) mass is 343 g/mol. The Morgan fingerprint density at radius 3 is 2.46 bits per heavy atom. The van der Waals surface area contributed by atoms with E-state index in [1.54, 1.807) is 11.3 Å². The van der Waals surface area contributed by atoms with Crippen LogP contribution >= 0.6 is 11.3 Å². The number of fused-ring (bicyclic) bond motifs is 1. The number of ether oxygens (including phenoxy) is 1. The Balaban J connectivity index is 1.39. The molecule has 5 nitrogen and oxygen atoms in total. The lowest BCUT2D eigenvalue weighted by molar-refractivity contribution is 0.0271. The standard InChI is InChI=1S/C18H21N3O2S/c1-18(2,3)23-17(22)21-9-12-13(10-21)14(12)16-20-19-15(24-16)11-7-5-4-6-8-11/h4-8,12-14H,9-10H2,1-3H3/t12-,13+,14?. The number of nitrogens with zero attached hydrogens (tertiary/aromatic N) is 3. The SMILES string of the molecule is CC(C)(C)OC(=O)N1C[C@@H]2C(c3nnc(-c4ccccc4)s3)[C@@H]2C1. The smallest absolute Gasteiger partial charge is 0.410 e. The highest BCUT2D eigenvalue weighted by Crippen LogP contribution is 2.59. The zero-order valence-electron chi connectivity index (χ0n) is 14.1. The van der Waals surface area contributed by atoms with E-state index in [-0.39, 0.29) is 6.09 Å². The van der Waals surface area contributed by atoms with Crippen LogP contribution < -0.4 is 0 Å². The van der Waals surface area contributed by atoms with Crippen molar-refractivity contribution in [1.82, 2.24) is 15.1 Å². The molecular formula is C18H21N3O2S. The summed E-state index contributed by atoms with van der Waals surface area (Å²) >= 11 is 1.68. The molecule has 2 aromatic rings. The molecule has 2 aliphatic rings. The zero-order chi connectivity index (χ0) is 16.9. The first kappa shape index (κ1) is 15.6. The number of amides is 1. The number of rotatable bonds is 2. The molecule has 1 aromatic carbocycles. The molecule has 1 aromatic heterocycles. The maximum absolute atomic E-state index is 12.1. The van der Waals surface area contributed by atoms with E-state index in [0.717, 1.165) is 28.7 Å². The average Bonchev–Trinajstić information content (AvgIpc) is 2.95. The molecule has 2 fully saturated rings. The van der Waals surface area contributed by atoms with Gasteiger partial charge in [-0.25, -0.2) is 4.79 Å². The van der Waals surface area contributed by atoms with Crippen molar-refractivity contribution in [3.8, 4) is 10.6 Å². The number of carbonyl (C=O) groups excluding carboxylic acids is 1. The number of hydrogen-bond donors (Lipinski definition) is 0. The molecule has 4 rings (SSSR count). The Hall–Kier alpha value is -1.95. The highest BCUT2D eigenvalue weighted by Gasteiger charge is 2.59. The van der Waals surface area contributed by atoms with Gasteiger partial charge in [0.15, 0.2) is 0 Å². The van der Waals surface area contributed by atoms with E-state index in [2.05, 4.69) is 22.3 Å². The molecule has 3 atom stereocenters. The van der Waals surface area contributed by atoms with Crippen molar-refractivity contribution in [1.29, 1.82) is 0 Å². The third-order valence-corrected chi connectivity index (χ3v) is 5.67. The van der Waals surface area contributed by atoms with Crippen LogP contribution in [0.15, 0.2) is 30.3 Å². The fraction of sp³-hybridized carbons (Fsp3) is 0.500. The zero-order valence-corrected chi connectivity index (χ0v) is 14.9. The van der Waals surface area contributed by atoms with Crippen molar-refractivity contribution in [2.45, 2.75) is 32.3 Å². The molecular weight excluding hydrogens is 322 g/mol. The van der Waals surface area contributed by atoms with Gasteiger partial charge in [-0.15, -0.1) is 10.2 Å². The van der Waals surface area contributed by atoms with Gasteiger partial charge in [0.25, 0.3) is 0 Å². The summed E-state index contributed by atoms with van der Waals surface area (Å²) in [4.78, 5) is 14.0. The molecule has 126 valence electrons. The summed E-state index contributed by atoms with van der Waals surface area (Å²) in [5.41, 5.74) is 0.676. The number of likely N-dealkylation sites (tertiary alicyclic amines) is 1. The van der Waals surface area contributed by atoms with Gasteiger partial charge in [0, 0.05) is 24.6 Å². The number of carbonyl (C=O) groups is 1. The third kappa shape index (κ3) is 2.90. The lowest BCUT2D eigenvalue weighted by Gasteiger charge is -2.25. The second-order valence-corrected chi connectivity index (χ2v) is 8.56. The highest BCUT2D eigenvalue weighted by molar-refractivity contribution is 7.14. The van der Waals surface area contributed by atoms with Crippen molar-refractivity contribution in [3.63, 3.8) is 0 Å². The minimum absolute atomic E-state index is 0.198.